The summed E-state index contributed by atoms with van der Waals surface area (Å²) >= 11 is 0. The molecule has 0 aromatic carbocycles. The number of carbonyl (C=O) groups is 2. The molecule has 0 radical (unpaired) electrons. The molecule has 0 amide bonds. The topological polar surface area (TPSA) is 80.3 Å². The molecule has 0 spiro atoms. The van der Waals surface area contributed by atoms with E-state index >= 15 is 0 Å². The van der Waals surface area contributed by atoms with E-state index in [1.54, 1.807) is 0 Å². The molecule has 0 aliphatic rings. The van der Waals surface area contributed by atoms with E-state index in [2.05, 4.69) is 13.8 Å². The van der Waals surface area contributed by atoms with Crippen molar-refractivity contribution in [1.82, 2.24) is 0 Å². The number of unbranched alkanes of at least 4 members (excludes halogenated alkanes) is 30. The van der Waals surface area contributed by atoms with Crippen molar-refractivity contribution in [3.63, 3.8) is 0 Å². The number of hydrogen-bond donors (Lipinski definition) is 0. The van der Waals surface area contributed by atoms with Crippen LogP contribution in [0.5, 0.6) is 0 Å². The molecule has 0 heterocycles. The maximum absolute atomic E-state index is 11.7. The first-order chi connectivity index (χ1) is 21.5. The molecule has 0 saturated heterocycles. The first-order valence-corrected chi connectivity index (χ1v) is 19.7. The molecule has 0 atom stereocenters. The SMILES string of the molecule is CCCCCCCCCCCCCCCCCC/C(C(=O)[O-])=C(/CCCCCCCCCCCCCCCCCC)C(=O)[O-].[Na+].[Na+]. The normalized spacial score (nSPS) is 11.5. The maximum Gasteiger partial charge on any atom is 1.00 e. The molecule has 0 unspecified atom stereocenters. The van der Waals surface area contributed by atoms with Gasteiger partial charge < -0.3 is 19.8 Å². The van der Waals surface area contributed by atoms with Crippen molar-refractivity contribution in [2.75, 3.05) is 0 Å². The van der Waals surface area contributed by atoms with Gasteiger partial charge in [0.25, 0.3) is 0 Å². The van der Waals surface area contributed by atoms with Gasteiger partial charge in [-0.1, -0.05) is 206 Å². The van der Waals surface area contributed by atoms with Crippen molar-refractivity contribution in [2.45, 2.75) is 232 Å². The molecule has 0 aromatic heterocycles. The maximum atomic E-state index is 11.7. The predicted molar refractivity (Wildman–Crippen MR) is 185 cm³/mol. The van der Waals surface area contributed by atoms with Crippen LogP contribution in [0.1, 0.15) is 232 Å². The van der Waals surface area contributed by atoms with Crippen molar-refractivity contribution < 1.29 is 78.9 Å². The molecular weight excluding hydrogens is 590 g/mol. The van der Waals surface area contributed by atoms with E-state index < -0.39 is 11.9 Å². The van der Waals surface area contributed by atoms with Crippen molar-refractivity contribution in [1.29, 1.82) is 0 Å². The zero-order chi connectivity index (χ0) is 32.4. The number of hydrogen-bond acceptors (Lipinski definition) is 4. The Hall–Kier alpha value is 0.680. The fraction of sp³-hybridized carbons (Fsp3) is 0.900. The third-order valence-corrected chi connectivity index (χ3v) is 9.42. The summed E-state index contributed by atoms with van der Waals surface area (Å²) in [6.45, 7) is 4.53. The van der Waals surface area contributed by atoms with Crippen molar-refractivity contribution in [3.8, 4) is 0 Å². The minimum Gasteiger partial charge on any atom is -0.545 e. The fourth-order valence-electron chi connectivity index (χ4n) is 6.45. The summed E-state index contributed by atoms with van der Waals surface area (Å²) in [6.07, 6.45) is 40.9. The van der Waals surface area contributed by atoms with Gasteiger partial charge in [0.2, 0.25) is 0 Å². The predicted octanol–water partition coefficient (Wildman–Crippen LogP) is 5.09. The van der Waals surface area contributed by atoms with Crippen LogP contribution in [0.4, 0.5) is 0 Å². The van der Waals surface area contributed by atoms with Crippen LogP contribution in [0.15, 0.2) is 11.1 Å². The molecule has 0 N–H and O–H groups in total. The van der Waals surface area contributed by atoms with Gasteiger partial charge in [-0.05, 0) is 36.8 Å². The first kappa shape index (κ1) is 51.1. The van der Waals surface area contributed by atoms with Crippen LogP contribution >= 0.6 is 0 Å². The monoisotopic (exact) mass is 665 g/mol. The second-order valence-corrected chi connectivity index (χ2v) is 13.6. The summed E-state index contributed by atoms with van der Waals surface area (Å²) < 4.78 is 0. The fourth-order valence-corrected chi connectivity index (χ4v) is 6.45. The summed E-state index contributed by atoms with van der Waals surface area (Å²) in [5, 5.41) is 23.5. The molecule has 0 saturated carbocycles. The van der Waals surface area contributed by atoms with Gasteiger partial charge in [0.15, 0.2) is 0 Å². The smallest absolute Gasteiger partial charge is 0.545 e. The standard InChI is InChI=1S/C40H76O4.2Na/c1-3-5-7-9-11-13-15-17-19-21-23-25-27-29-31-33-35-37(39(41)42)38(40(43)44)36-34-32-30-28-26-24-22-20-18-16-14-12-10-8-6-4-2;;/h3-36H2,1-2H3,(H,41,42)(H,43,44);;/q;2*+1/p-2/b38-37+;;. The molecule has 0 rings (SSSR count). The molecule has 46 heavy (non-hydrogen) atoms. The Morgan fingerprint density at radius 1 is 0.304 bits per heavy atom. The summed E-state index contributed by atoms with van der Waals surface area (Å²) in [4.78, 5) is 23.5. The molecule has 0 fully saturated rings. The van der Waals surface area contributed by atoms with Crippen LogP contribution in [0, 0.1) is 0 Å². The first-order valence-electron chi connectivity index (χ1n) is 19.7. The van der Waals surface area contributed by atoms with Gasteiger partial charge >= 0.3 is 59.1 Å². The second-order valence-electron chi connectivity index (χ2n) is 13.6. The van der Waals surface area contributed by atoms with Crippen molar-refractivity contribution in [3.05, 3.63) is 11.1 Å². The van der Waals surface area contributed by atoms with Gasteiger partial charge in [-0.15, -0.1) is 0 Å². The van der Waals surface area contributed by atoms with E-state index in [4.69, 9.17) is 0 Å². The third kappa shape index (κ3) is 36.0. The van der Waals surface area contributed by atoms with Crippen LogP contribution in [-0.2, 0) is 9.59 Å². The van der Waals surface area contributed by atoms with Crippen LogP contribution in [-0.4, -0.2) is 11.9 Å². The minimum atomic E-state index is -1.33. The van der Waals surface area contributed by atoms with E-state index in [0.717, 1.165) is 25.7 Å². The van der Waals surface area contributed by atoms with E-state index in [-0.39, 0.29) is 83.1 Å². The third-order valence-electron chi connectivity index (χ3n) is 9.42. The quantitative estimate of drug-likeness (QED) is 0.0531. The van der Waals surface area contributed by atoms with E-state index in [1.165, 1.54) is 167 Å². The summed E-state index contributed by atoms with van der Waals surface area (Å²) in [5.41, 5.74) is -0.0624. The van der Waals surface area contributed by atoms with E-state index in [0.29, 0.717) is 12.8 Å². The number of rotatable bonds is 36. The Kier molecular flexibility index (Phi) is 46.4. The van der Waals surface area contributed by atoms with Gasteiger partial charge in [-0.25, -0.2) is 0 Å². The molecule has 0 aliphatic carbocycles. The largest absolute Gasteiger partial charge is 1.00 e. The molecule has 6 heteroatoms. The number of carboxylic acids is 2. The molecule has 0 aromatic rings. The second kappa shape index (κ2) is 41.8. The van der Waals surface area contributed by atoms with E-state index in [1.807, 2.05) is 0 Å². The van der Waals surface area contributed by atoms with Gasteiger partial charge in [-0.3, -0.25) is 0 Å². The molecule has 4 nitrogen and oxygen atoms in total. The average Bonchev–Trinajstić information content (AvgIpc) is 3.00. The summed E-state index contributed by atoms with van der Waals surface area (Å²) in [6, 6.07) is 0. The van der Waals surface area contributed by atoms with Crippen LogP contribution in [0.3, 0.4) is 0 Å². The Morgan fingerprint density at radius 3 is 0.609 bits per heavy atom. The molecule has 260 valence electrons. The van der Waals surface area contributed by atoms with Gasteiger partial charge in [0.1, 0.15) is 0 Å². The molecular formula is C40H74Na2O4. The van der Waals surface area contributed by atoms with Crippen LogP contribution in [0.2, 0.25) is 0 Å². The zero-order valence-electron chi connectivity index (χ0n) is 31.7. The average molecular weight is 665 g/mol. The minimum absolute atomic E-state index is 0. The molecule has 0 bridgehead atoms. The van der Waals surface area contributed by atoms with Gasteiger partial charge in [0, 0.05) is 0 Å². The van der Waals surface area contributed by atoms with Crippen LogP contribution < -0.4 is 69.3 Å². The van der Waals surface area contributed by atoms with Crippen molar-refractivity contribution in [2.24, 2.45) is 0 Å². The number of carboxylic acid groups (broad SMARTS) is 2. The Labute approximate surface area is 331 Å². The van der Waals surface area contributed by atoms with Gasteiger partial charge in [-0.2, -0.15) is 0 Å². The van der Waals surface area contributed by atoms with Crippen molar-refractivity contribution >= 4 is 11.9 Å². The van der Waals surface area contributed by atoms with E-state index in [9.17, 15) is 19.8 Å². The van der Waals surface area contributed by atoms with Crippen LogP contribution in [0.25, 0.3) is 0 Å². The number of aliphatic carboxylic acids is 2. The summed E-state index contributed by atoms with van der Waals surface area (Å²) in [5.74, 6) is -2.66. The summed E-state index contributed by atoms with van der Waals surface area (Å²) in [7, 11) is 0. The number of carbonyl (C=O) groups excluding carboxylic acids is 2. The Morgan fingerprint density at radius 2 is 0.457 bits per heavy atom. The molecule has 0 aliphatic heterocycles. The van der Waals surface area contributed by atoms with Gasteiger partial charge in [0.05, 0.1) is 11.9 Å². The Bertz CT molecular complexity index is 624. The zero-order valence-corrected chi connectivity index (χ0v) is 35.7. The Balaban J connectivity index is -0.00000924.